The fraction of sp³-hybridized carbons (Fsp3) is 0.0217. The topological polar surface area (TPSA) is 17.8 Å². The van der Waals surface area contributed by atoms with E-state index in [1.165, 1.54) is 43.0 Å². The summed E-state index contributed by atoms with van der Waals surface area (Å²) in [6.07, 6.45) is 2.94. The molecule has 1 heterocycles. The summed E-state index contributed by atoms with van der Waals surface area (Å²) in [5.41, 5.74) is 9.81. The van der Waals surface area contributed by atoms with Crippen LogP contribution < -0.4 is 20.7 Å². The smallest absolute Gasteiger partial charge is 0.179 e. The number of benzene rings is 7. The first-order valence-electron chi connectivity index (χ1n) is 16.9. The monoisotopic (exact) mass is 642 g/mol. The molecule has 0 spiro atoms. The van der Waals surface area contributed by atoms with Crippen molar-refractivity contribution in [1.29, 1.82) is 0 Å². The van der Waals surface area contributed by atoms with Crippen LogP contribution in [0.5, 0.6) is 0 Å². The van der Waals surface area contributed by atoms with Crippen LogP contribution in [0.1, 0.15) is 11.1 Å². The molecule has 7 aromatic carbocycles. The molecule has 0 fully saturated rings. The Balaban J connectivity index is 1.26. The highest BCUT2D eigenvalue weighted by Gasteiger charge is 2.42. The Morgan fingerprint density at radius 1 is 0.429 bits per heavy atom. The van der Waals surface area contributed by atoms with Crippen molar-refractivity contribution in [2.75, 3.05) is 0 Å². The molecule has 0 bridgehead atoms. The molecular formula is C46H34N2Si. The van der Waals surface area contributed by atoms with Crippen LogP contribution in [0.2, 0.25) is 0 Å². The van der Waals surface area contributed by atoms with Crippen molar-refractivity contribution in [3.63, 3.8) is 0 Å². The summed E-state index contributed by atoms with van der Waals surface area (Å²) >= 11 is 0. The lowest BCUT2D eigenvalue weighted by atomic mass is 10.0. The fourth-order valence-corrected chi connectivity index (χ4v) is 12.6. The first-order chi connectivity index (χ1) is 24.3. The quantitative estimate of drug-likeness (QED) is 0.127. The van der Waals surface area contributed by atoms with Crippen LogP contribution >= 0.6 is 0 Å². The van der Waals surface area contributed by atoms with Gasteiger partial charge in [-0.15, -0.1) is 0 Å². The Bertz CT molecular complexity index is 2230. The molecule has 1 aromatic heterocycles. The highest BCUT2D eigenvalue weighted by atomic mass is 28.3. The highest BCUT2D eigenvalue weighted by molar-refractivity contribution is 7.19. The first-order valence-corrected chi connectivity index (χ1v) is 18.9. The molecule has 0 radical (unpaired) electrons. The molecule has 2 nitrogen and oxygen atoms in total. The van der Waals surface area contributed by atoms with Gasteiger partial charge in [0.15, 0.2) is 8.07 Å². The lowest BCUT2D eigenvalue weighted by Gasteiger charge is -2.34. The molecule has 8 aromatic rings. The van der Waals surface area contributed by atoms with Crippen molar-refractivity contribution in [2.45, 2.75) is 6.42 Å². The zero-order chi connectivity index (χ0) is 32.6. The average molecular weight is 643 g/mol. The summed E-state index contributed by atoms with van der Waals surface area (Å²) in [4.78, 5) is 4.99. The molecule has 49 heavy (non-hydrogen) atoms. The van der Waals surface area contributed by atoms with Gasteiger partial charge in [0.1, 0.15) is 5.82 Å². The second-order valence-electron chi connectivity index (χ2n) is 12.8. The van der Waals surface area contributed by atoms with Crippen LogP contribution in [0.3, 0.4) is 0 Å². The summed E-state index contributed by atoms with van der Waals surface area (Å²) in [7, 11) is -2.65. The van der Waals surface area contributed by atoms with Crippen molar-refractivity contribution in [3.05, 3.63) is 205 Å². The fourth-order valence-electron chi connectivity index (χ4n) is 7.81. The van der Waals surface area contributed by atoms with Gasteiger partial charge in [0, 0.05) is 16.8 Å². The zero-order valence-electron chi connectivity index (χ0n) is 27.1. The van der Waals surface area contributed by atoms with Crippen molar-refractivity contribution in [1.82, 2.24) is 9.55 Å². The molecule has 0 amide bonds. The van der Waals surface area contributed by atoms with Crippen molar-refractivity contribution in [2.24, 2.45) is 0 Å². The van der Waals surface area contributed by atoms with Crippen LogP contribution in [0.4, 0.5) is 0 Å². The van der Waals surface area contributed by atoms with Crippen molar-refractivity contribution in [3.8, 4) is 39.5 Å². The van der Waals surface area contributed by atoms with Crippen LogP contribution in [-0.2, 0) is 6.42 Å². The van der Waals surface area contributed by atoms with Crippen LogP contribution in [-0.4, -0.2) is 17.6 Å². The maximum absolute atomic E-state index is 4.99. The van der Waals surface area contributed by atoms with Gasteiger partial charge in [-0.25, -0.2) is 4.98 Å². The predicted octanol–water partition coefficient (Wildman–Crippen LogP) is 8.15. The lowest BCUT2D eigenvalue weighted by Crippen LogP contribution is -2.74. The van der Waals surface area contributed by atoms with Gasteiger partial charge in [0.2, 0.25) is 0 Å². The standard InChI is InChI=1S/C46H34N2Si/c1-6-16-34(17-7-1)45-33-47-46(35-18-8-2-9-19-35)48(45)38-28-26-36-30-37-27-29-42(32-44(37)43(36)31-38)49(39-20-10-3-11-21-39,40-22-12-4-13-23-40)41-24-14-5-15-25-41/h1-29,31-33H,30H2. The van der Waals surface area contributed by atoms with E-state index >= 15 is 0 Å². The SMILES string of the molecule is c1ccc(-c2cnc(-c3ccccc3)n2-c2ccc3c(c2)-c2cc([Si](c4ccccc4)(c4ccccc4)c4ccccc4)ccc2C3)cc1. The normalized spacial score (nSPS) is 12.0. The van der Waals surface area contributed by atoms with Crippen molar-refractivity contribution < 1.29 is 0 Å². The minimum Gasteiger partial charge on any atom is -0.292 e. The number of nitrogens with zero attached hydrogens (tertiary/aromatic N) is 2. The van der Waals surface area contributed by atoms with E-state index in [0.717, 1.165) is 34.8 Å². The summed E-state index contributed by atoms with van der Waals surface area (Å²) in [6.45, 7) is 0. The van der Waals surface area contributed by atoms with Gasteiger partial charge in [0.25, 0.3) is 0 Å². The van der Waals surface area contributed by atoms with Gasteiger partial charge in [-0.3, -0.25) is 4.57 Å². The summed E-state index contributed by atoms with van der Waals surface area (Å²) in [5.74, 6) is 0.940. The van der Waals surface area contributed by atoms with Crippen LogP contribution in [0, 0.1) is 0 Å². The van der Waals surface area contributed by atoms with Gasteiger partial charge in [0.05, 0.1) is 11.9 Å². The maximum atomic E-state index is 4.99. The van der Waals surface area contributed by atoms with Gasteiger partial charge in [-0.2, -0.15) is 0 Å². The van der Waals surface area contributed by atoms with E-state index in [9.17, 15) is 0 Å². The van der Waals surface area contributed by atoms with Gasteiger partial charge in [-0.05, 0) is 61.6 Å². The van der Waals surface area contributed by atoms with Gasteiger partial charge in [-0.1, -0.05) is 176 Å². The Kier molecular flexibility index (Phi) is 7.26. The first kappa shape index (κ1) is 29.1. The summed E-state index contributed by atoms with van der Waals surface area (Å²) in [6, 6.07) is 68.9. The Hall–Kier alpha value is -6.03. The average Bonchev–Trinajstić information content (AvgIpc) is 3.79. The third-order valence-electron chi connectivity index (χ3n) is 10.0. The van der Waals surface area contributed by atoms with Gasteiger partial charge >= 0.3 is 0 Å². The Morgan fingerprint density at radius 2 is 0.898 bits per heavy atom. The number of rotatable bonds is 7. The molecule has 3 heteroatoms. The lowest BCUT2D eigenvalue weighted by molar-refractivity contribution is 1.07. The van der Waals surface area contributed by atoms with Crippen LogP contribution in [0.25, 0.3) is 39.5 Å². The second kappa shape index (κ2) is 12.2. The Morgan fingerprint density at radius 3 is 1.45 bits per heavy atom. The zero-order valence-corrected chi connectivity index (χ0v) is 28.1. The molecule has 1 aliphatic rings. The van der Waals surface area contributed by atoms with E-state index < -0.39 is 8.07 Å². The van der Waals surface area contributed by atoms with E-state index in [1.54, 1.807) is 0 Å². The molecular weight excluding hydrogens is 609 g/mol. The molecule has 0 saturated heterocycles. The largest absolute Gasteiger partial charge is 0.292 e. The molecule has 0 saturated carbocycles. The third kappa shape index (κ3) is 4.90. The van der Waals surface area contributed by atoms with E-state index in [4.69, 9.17) is 4.98 Å². The predicted molar refractivity (Wildman–Crippen MR) is 206 cm³/mol. The van der Waals surface area contributed by atoms with Gasteiger partial charge < -0.3 is 0 Å². The van der Waals surface area contributed by atoms with E-state index in [0.29, 0.717) is 0 Å². The van der Waals surface area contributed by atoms with Crippen LogP contribution in [0.15, 0.2) is 194 Å². The minimum atomic E-state index is -2.65. The maximum Gasteiger partial charge on any atom is 0.179 e. The number of imidazole rings is 1. The molecule has 0 unspecified atom stereocenters. The number of hydrogen-bond acceptors (Lipinski definition) is 1. The third-order valence-corrected chi connectivity index (χ3v) is 14.8. The highest BCUT2D eigenvalue weighted by Crippen LogP contribution is 2.39. The van der Waals surface area contributed by atoms with Crippen molar-refractivity contribution >= 4 is 28.8 Å². The molecule has 1 aliphatic carbocycles. The Labute approximate surface area is 288 Å². The number of hydrogen-bond donors (Lipinski definition) is 0. The second-order valence-corrected chi connectivity index (χ2v) is 16.6. The number of aromatic nitrogens is 2. The van der Waals surface area contributed by atoms with E-state index in [1.807, 2.05) is 6.20 Å². The van der Waals surface area contributed by atoms with E-state index in [-0.39, 0.29) is 0 Å². The summed E-state index contributed by atoms with van der Waals surface area (Å²) < 4.78 is 2.32. The number of fused-ring (bicyclic) bond motifs is 3. The molecule has 0 atom stereocenters. The van der Waals surface area contributed by atoms with E-state index in [2.05, 4.69) is 193 Å². The summed E-state index contributed by atoms with van der Waals surface area (Å²) in [5, 5.41) is 5.55. The minimum absolute atomic E-state index is 0.933. The molecule has 232 valence electrons. The molecule has 9 rings (SSSR count). The molecule has 0 N–H and O–H groups in total. The molecule has 0 aliphatic heterocycles.